The summed E-state index contributed by atoms with van der Waals surface area (Å²) < 4.78 is 0. The molecule has 0 saturated carbocycles. The highest BCUT2D eigenvalue weighted by atomic mass is 16.3. The van der Waals surface area contributed by atoms with Gasteiger partial charge in [-0.15, -0.1) is 0 Å². The number of aliphatic hydroxyl groups excluding tert-OH is 1. The van der Waals surface area contributed by atoms with E-state index in [0.717, 1.165) is 5.69 Å². The molecule has 1 rings (SSSR count). The lowest BCUT2D eigenvalue weighted by Gasteiger charge is -2.01. The van der Waals surface area contributed by atoms with Crippen molar-refractivity contribution in [2.75, 3.05) is 13.2 Å². The quantitative estimate of drug-likeness (QED) is 0.670. The predicted octanol–water partition coefficient (Wildman–Crippen LogP) is -0.267. The molecule has 0 aromatic carbocycles. The maximum atomic E-state index is 10.6. The molecule has 0 radical (unpaired) electrons. The molecular weight excluding hydrogens is 168 g/mol. The lowest BCUT2D eigenvalue weighted by atomic mass is 10.3. The van der Waals surface area contributed by atoms with Gasteiger partial charge in [-0.3, -0.25) is 9.78 Å². The van der Waals surface area contributed by atoms with Crippen molar-refractivity contribution in [3.63, 3.8) is 0 Å². The smallest absolute Gasteiger partial charge is 0.245 e. The van der Waals surface area contributed by atoms with Crippen molar-refractivity contribution in [3.8, 4) is 0 Å². The minimum absolute atomic E-state index is 0.351. The minimum atomic E-state index is -0.456. The van der Waals surface area contributed by atoms with Gasteiger partial charge in [-0.05, 0) is 12.1 Å². The molecule has 1 aromatic rings. The maximum Gasteiger partial charge on any atom is 0.245 e. The Kier molecular flexibility index (Phi) is 3.92. The van der Waals surface area contributed by atoms with E-state index in [0.29, 0.717) is 13.0 Å². The van der Waals surface area contributed by atoms with E-state index in [-0.39, 0.29) is 5.91 Å². The second kappa shape index (κ2) is 5.27. The summed E-state index contributed by atoms with van der Waals surface area (Å²) in [7, 11) is 0. The molecule has 0 aliphatic heterocycles. The highest BCUT2D eigenvalue weighted by Crippen LogP contribution is 1.92. The molecule has 13 heavy (non-hydrogen) atoms. The number of carbonyl (C=O) groups is 1. The van der Waals surface area contributed by atoms with Gasteiger partial charge < -0.3 is 10.4 Å². The van der Waals surface area contributed by atoms with Crippen LogP contribution in [-0.4, -0.2) is 29.1 Å². The lowest BCUT2D eigenvalue weighted by Crippen LogP contribution is -2.28. The Bertz CT molecular complexity index is 262. The Balaban J connectivity index is 2.24. The standard InChI is InChI=1S/C9H12N2O2/c12-7-9(13)11-6-4-8-3-1-2-5-10-8/h1-3,5,12H,4,6-7H2,(H,11,13). The first-order chi connectivity index (χ1) is 6.33. The Morgan fingerprint density at radius 1 is 1.54 bits per heavy atom. The number of amides is 1. The highest BCUT2D eigenvalue weighted by molar-refractivity contribution is 5.76. The van der Waals surface area contributed by atoms with Crippen molar-refractivity contribution in [2.24, 2.45) is 0 Å². The molecule has 0 aliphatic rings. The van der Waals surface area contributed by atoms with Crippen LogP contribution in [0.25, 0.3) is 0 Å². The molecule has 0 saturated heterocycles. The first kappa shape index (κ1) is 9.67. The molecule has 1 aromatic heterocycles. The number of aromatic nitrogens is 1. The van der Waals surface area contributed by atoms with Gasteiger partial charge in [0.1, 0.15) is 6.61 Å². The monoisotopic (exact) mass is 180 g/mol. The van der Waals surface area contributed by atoms with Gasteiger partial charge in [0.2, 0.25) is 5.91 Å². The molecular formula is C9H12N2O2. The highest BCUT2D eigenvalue weighted by Gasteiger charge is 1.97. The van der Waals surface area contributed by atoms with Gasteiger partial charge in [0.05, 0.1) is 0 Å². The Labute approximate surface area is 76.6 Å². The zero-order valence-electron chi connectivity index (χ0n) is 7.23. The summed E-state index contributed by atoms with van der Waals surface area (Å²) in [6.07, 6.45) is 2.40. The molecule has 70 valence electrons. The number of hydrogen-bond donors (Lipinski definition) is 2. The number of hydrogen-bond acceptors (Lipinski definition) is 3. The third-order valence-corrected chi connectivity index (χ3v) is 1.57. The van der Waals surface area contributed by atoms with Gasteiger partial charge in [0, 0.05) is 24.9 Å². The zero-order chi connectivity index (χ0) is 9.52. The first-order valence-corrected chi connectivity index (χ1v) is 4.10. The van der Waals surface area contributed by atoms with Crippen LogP contribution in [0.4, 0.5) is 0 Å². The van der Waals surface area contributed by atoms with Crippen molar-refractivity contribution >= 4 is 5.91 Å². The Morgan fingerprint density at radius 3 is 3.00 bits per heavy atom. The van der Waals surface area contributed by atoms with Gasteiger partial charge in [-0.25, -0.2) is 0 Å². The summed E-state index contributed by atoms with van der Waals surface area (Å²) in [5.41, 5.74) is 0.931. The van der Waals surface area contributed by atoms with E-state index < -0.39 is 6.61 Å². The fourth-order valence-electron chi connectivity index (χ4n) is 0.932. The van der Waals surface area contributed by atoms with E-state index in [1.54, 1.807) is 6.20 Å². The normalized spacial score (nSPS) is 9.62. The lowest BCUT2D eigenvalue weighted by molar-refractivity contribution is -0.123. The summed E-state index contributed by atoms with van der Waals surface area (Å²) in [5, 5.41) is 11.0. The van der Waals surface area contributed by atoms with Crippen LogP contribution in [0.5, 0.6) is 0 Å². The van der Waals surface area contributed by atoms with Crippen LogP contribution >= 0.6 is 0 Å². The Morgan fingerprint density at radius 2 is 2.38 bits per heavy atom. The van der Waals surface area contributed by atoms with Crippen LogP contribution in [0.2, 0.25) is 0 Å². The largest absolute Gasteiger partial charge is 0.387 e. The average Bonchev–Trinajstić information content (AvgIpc) is 2.19. The van der Waals surface area contributed by atoms with Crippen LogP contribution in [-0.2, 0) is 11.2 Å². The van der Waals surface area contributed by atoms with Crippen molar-refractivity contribution in [1.29, 1.82) is 0 Å². The molecule has 2 N–H and O–H groups in total. The number of pyridine rings is 1. The van der Waals surface area contributed by atoms with Crippen molar-refractivity contribution in [3.05, 3.63) is 30.1 Å². The van der Waals surface area contributed by atoms with Crippen LogP contribution in [0.3, 0.4) is 0 Å². The number of nitrogens with zero attached hydrogens (tertiary/aromatic N) is 1. The molecule has 1 amide bonds. The van der Waals surface area contributed by atoms with E-state index >= 15 is 0 Å². The number of rotatable bonds is 4. The van der Waals surface area contributed by atoms with Gasteiger partial charge in [0.25, 0.3) is 0 Å². The number of aliphatic hydroxyl groups is 1. The van der Waals surface area contributed by atoms with Crippen LogP contribution < -0.4 is 5.32 Å². The van der Waals surface area contributed by atoms with Crippen LogP contribution in [0.1, 0.15) is 5.69 Å². The SMILES string of the molecule is O=C(CO)NCCc1ccccn1. The summed E-state index contributed by atoms with van der Waals surface area (Å²) in [6.45, 7) is 0.0542. The molecule has 0 fully saturated rings. The summed E-state index contributed by atoms with van der Waals surface area (Å²) in [5.74, 6) is -0.351. The van der Waals surface area contributed by atoms with Crippen molar-refractivity contribution in [1.82, 2.24) is 10.3 Å². The zero-order valence-corrected chi connectivity index (χ0v) is 7.23. The summed E-state index contributed by atoms with van der Waals surface area (Å²) >= 11 is 0. The van der Waals surface area contributed by atoms with Crippen LogP contribution in [0.15, 0.2) is 24.4 Å². The molecule has 0 unspecified atom stereocenters. The number of carbonyl (C=O) groups excluding carboxylic acids is 1. The van der Waals surface area contributed by atoms with Gasteiger partial charge in [0.15, 0.2) is 0 Å². The summed E-state index contributed by atoms with van der Waals surface area (Å²) in [4.78, 5) is 14.7. The topological polar surface area (TPSA) is 62.2 Å². The average molecular weight is 180 g/mol. The van der Waals surface area contributed by atoms with Gasteiger partial charge >= 0.3 is 0 Å². The first-order valence-electron chi connectivity index (χ1n) is 4.10. The minimum Gasteiger partial charge on any atom is -0.387 e. The van der Waals surface area contributed by atoms with Crippen molar-refractivity contribution < 1.29 is 9.90 Å². The van der Waals surface area contributed by atoms with Crippen LogP contribution in [0, 0.1) is 0 Å². The predicted molar refractivity (Wildman–Crippen MR) is 48.0 cm³/mol. The molecule has 4 heteroatoms. The fourth-order valence-corrected chi connectivity index (χ4v) is 0.932. The molecule has 0 aliphatic carbocycles. The summed E-state index contributed by atoms with van der Waals surface area (Å²) in [6, 6.07) is 5.64. The second-order valence-electron chi connectivity index (χ2n) is 2.58. The second-order valence-corrected chi connectivity index (χ2v) is 2.58. The van der Waals surface area contributed by atoms with E-state index in [2.05, 4.69) is 10.3 Å². The van der Waals surface area contributed by atoms with E-state index in [1.807, 2.05) is 18.2 Å². The van der Waals surface area contributed by atoms with E-state index in [1.165, 1.54) is 0 Å². The maximum absolute atomic E-state index is 10.6. The van der Waals surface area contributed by atoms with Crippen molar-refractivity contribution in [2.45, 2.75) is 6.42 Å². The molecule has 0 atom stereocenters. The third kappa shape index (κ3) is 3.66. The van der Waals surface area contributed by atoms with Gasteiger partial charge in [-0.1, -0.05) is 6.07 Å². The third-order valence-electron chi connectivity index (χ3n) is 1.57. The molecule has 4 nitrogen and oxygen atoms in total. The van der Waals surface area contributed by atoms with Gasteiger partial charge in [-0.2, -0.15) is 0 Å². The Hall–Kier alpha value is -1.42. The number of nitrogens with one attached hydrogen (secondary N) is 1. The fraction of sp³-hybridized carbons (Fsp3) is 0.333. The van der Waals surface area contributed by atoms with E-state index in [9.17, 15) is 4.79 Å². The molecule has 0 bridgehead atoms. The molecule has 1 heterocycles. The molecule has 0 spiro atoms. The van der Waals surface area contributed by atoms with E-state index in [4.69, 9.17) is 5.11 Å².